The summed E-state index contributed by atoms with van der Waals surface area (Å²) in [5.74, 6) is -0.165. The lowest BCUT2D eigenvalue weighted by Gasteiger charge is -2.03. The van der Waals surface area contributed by atoms with Gasteiger partial charge in [0.2, 0.25) is 11.8 Å². The molecule has 0 radical (unpaired) electrons. The third kappa shape index (κ3) is 3.34. The van der Waals surface area contributed by atoms with Gasteiger partial charge in [-0.25, -0.2) is 9.67 Å². The van der Waals surface area contributed by atoms with E-state index in [-0.39, 0.29) is 17.5 Å². The highest BCUT2D eigenvalue weighted by Gasteiger charge is 2.16. The Bertz CT molecular complexity index is 981. The number of anilines is 2. The average Bonchev–Trinajstić information content (AvgIpc) is 2.90. The van der Waals surface area contributed by atoms with Gasteiger partial charge in [-0.1, -0.05) is 18.2 Å². The molecule has 0 unspecified atom stereocenters. The van der Waals surface area contributed by atoms with Crippen molar-refractivity contribution in [2.24, 2.45) is 5.10 Å². The van der Waals surface area contributed by atoms with Crippen LogP contribution in [-0.2, 0) is 0 Å². The van der Waals surface area contributed by atoms with E-state index in [0.29, 0.717) is 0 Å². The van der Waals surface area contributed by atoms with Crippen LogP contribution >= 0.6 is 0 Å². The van der Waals surface area contributed by atoms with E-state index in [0.717, 1.165) is 28.8 Å². The van der Waals surface area contributed by atoms with E-state index in [2.05, 4.69) is 25.6 Å². The number of nitrogens with two attached hydrogens (primary N) is 1. The molecular formula is C16H16N8O2. The molecule has 0 aliphatic heterocycles. The maximum atomic E-state index is 11.0. The molecule has 0 fully saturated rings. The van der Waals surface area contributed by atoms with Gasteiger partial charge < -0.3 is 5.73 Å². The molecule has 0 bridgehead atoms. The van der Waals surface area contributed by atoms with Gasteiger partial charge in [-0.2, -0.15) is 15.2 Å². The number of nitrogen functional groups attached to an aromatic ring is 1. The van der Waals surface area contributed by atoms with Crippen LogP contribution in [0.4, 0.5) is 17.5 Å². The molecule has 0 saturated heterocycles. The summed E-state index contributed by atoms with van der Waals surface area (Å²) < 4.78 is 1.81. The lowest BCUT2D eigenvalue weighted by atomic mass is 10.2. The lowest BCUT2D eigenvalue weighted by molar-refractivity contribution is -0.384. The van der Waals surface area contributed by atoms with E-state index in [9.17, 15) is 10.1 Å². The molecule has 0 amide bonds. The van der Waals surface area contributed by atoms with Gasteiger partial charge in [0.05, 0.1) is 28.2 Å². The highest BCUT2D eigenvalue weighted by Crippen LogP contribution is 2.21. The van der Waals surface area contributed by atoms with Crippen LogP contribution in [0.2, 0.25) is 0 Å². The van der Waals surface area contributed by atoms with Crippen molar-refractivity contribution < 1.29 is 4.92 Å². The van der Waals surface area contributed by atoms with Crippen LogP contribution < -0.4 is 11.2 Å². The molecule has 0 atom stereocenters. The second-order valence-corrected chi connectivity index (χ2v) is 5.42. The molecule has 132 valence electrons. The van der Waals surface area contributed by atoms with Crippen LogP contribution in [0.3, 0.4) is 0 Å². The second kappa shape index (κ2) is 6.97. The van der Waals surface area contributed by atoms with Gasteiger partial charge in [-0.05, 0) is 26.0 Å². The number of aromatic nitrogens is 4. The summed E-state index contributed by atoms with van der Waals surface area (Å²) in [7, 11) is 0. The Morgan fingerprint density at radius 3 is 2.73 bits per heavy atom. The van der Waals surface area contributed by atoms with Gasteiger partial charge in [0, 0.05) is 5.56 Å². The van der Waals surface area contributed by atoms with Crippen molar-refractivity contribution in [3.63, 3.8) is 0 Å². The van der Waals surface area contributed by atoms with Crippen LogP contribution in [0.25, 0.3) is 5.69 Å². The molecule has 0 aliphatic carbocycles. The minimum absolute atomic E-state index is 0.0792. The predicted octanol–water partition coefficient (Wildman–Crippen LogP) is 2.22. The molecule has 0 aliphatic rings. The summed E-state index contributed by atoms with van der Waals surface area (Å²) in [5, 5.41) is 19.6. The number of nitrogens with zero attached hydrogens (tertiary/aromatic N) is 6. The van der Waals surface area contributed by atoms with Gasteiger partial charge in [-0.15, -0.1) is 0 Å². The molecular weight excluding hydrogens is 336 g/mol. The number of rotatable bonds is 5. The van der Waals surface area contributed by atoms with Gasteiger partial charge in [0.25, 0.3) is 0 Å². The van der Waals surface area contributed by atoms with E-state index >= 15 is 0 Å². The fourth-order valence-corrected chi connectivity index (χ4v) is 2.43. The fourth-order valence-electron chi connectivity index (χ4n) is 2.43. The first kappa shape index (κ1) is 17.0. The number of hydrogen-bond donors (Lipinski definition) is 2. The Kier molecular flexibility index (Phi) is 4.56. The number of hydrogen-bond acceptors (Lipinski definition) is 8. The van der Waals surface area contributed by atoms with E-state index in [1.54, 1.807) is 6.21 Å². The summed E-state index contributed by atoms with van der Waals surface area (Å²) in [4.78, 5) is 17.8. The van der Waals surface area contributed by atoms with Crippen LogP contribution in [0.15, 0.2) is 41.6 Å². The fraction of sp³-hybridized carbons (Fsp3) is 0.125. The summed E-state index contributed by atoms with van der Waals surface area (Å²) in [6.45, 7) is 3.78. The lowest BCUT2D eigenvalue weighted by Crippen LogP contribution is -2.04. The highest BCUT2D eigenvalue weighted by molar-refractivity contribution is 5.83. The molecule has 2 aromatic heterocycles. The average molecular weight is 352 g/mol. The van der Waals surface area contributed by atoms with Crippen molar-refractivity contribution in [3.05, 3.63) is 63.6 Å². The second-order valence-electron chi connectivity index (χ2n) is 5.42. The minimum atomic E-state index is -0.610. The molecule has 0 spiro atoms. The van der Waals surface area contributed by atoms with Gasteiger partial charge in [0.15, 0.2) is 0 Å². The molecule has 3 N–H and O–H groups in total. The van der Waals surface area contributed by atoms with Crippen LogP contribution in [0.5, 0.6) is 0 Å². The summed E-state index contributed by atoms with van der Waals surface area (Å²) in [5.41, 5.74) is 11.1. The standard InChI is InChI=1S/C16H16N8O2/c1-10-13(11(2)23(22-10)12-6-4-3-5-7-12)8-19-21-15-14(24(25)26)9-18-16(17)20-15/h3-9H,1-2H3,(H3,17,18,20,21)/b19-8-. The first-order valence-corrected chi connectivity index (χ1v) is 7.65. The summed E-state index contributed by atoms with van der Waals surface area (Å²) in [6, 6.07) is 9.69. The normalized spacial score (nSPS) is 11.0. The predicted molar refractivity (Wildman–Crippen MR) is 97.4 cm³/mol. The SMILES string of the molecule is Cc1nn(-c2ccccc2)c(C)c1/C=N\Nc1nc(N)ncc1[N+](=O)[O-]. The Morgan fingerprint density at radius 2 is 2.04 bits per heavy atom. The third-order valence-electron chi connectivity index (χ3n) is 3.70. The molecule has 1 aromatic carbocycles. The quantitative estimate of drug-likeness (QED) is 0.408. The van der Waals surface area contributed by atoms with Crippen molar-refractivity contribution in [2.75, 3.05) is 11.2 Å². The smallest absolute Gasteiger partial charge is 0.331 e. The van der Waals surface area contributed by atoms with Crippen molar-refractivity contribution in [3.8, 4) is 5.69 Å². The van der Waals surface area contributed by atoms with Gasteiger partial charge >= 0.3 is 5.69 Å². The van der Waals surface area contributed by atoms with Crippen molar-refractivity contribution in [1.82, 2.24) is 19.7 Å². The minimum Gasteiger partial charge on any atom is -0.368 e. The Hall–Kier alpha value is -3.82. The molecule has 26 heavy (non-hydrogen) atoms. The van der Waals surface area contributed by atoms with Crippen molar-refractivity contribution in [1.29, 1.82) is 0 Å². The van der Waals surface area contributed by atoms with Crippen LogP contribution in [0, 0.1) is 24.0 Å². The summed E-state index contributed by atoms with van der Waals surface area (Å²) >= 11 is 0. The highest BCUT2D eigenvalue weighted by atomic mass is 16.6. The maximum absolute atomic E-state index is 11.0. The zero-order valence-electron chi connectivity index (χ0n) is 14.1. The molecule has 3 rings (SSSR count). The zero-order valence-corrected chi connectivity index (χ0v) is 14.1. The zero-order chi connectivity index (χ0) is 18.7. The van der Waals surface area contributed by atoms with E-state index in [4.69, 9.17) is 5.73 Å². The number of benzene rings is 1. The van der Waals surface area contributed by atoms with Crippen molar-refractivity contribution in [2.45, 2.75) is 13.8 Å². The monoisotopic (exact) mass is 352 g/mol. The number of nitrogens with one attached hydrogen (secondary N) is 1. The van der Waals surface area contributed by atoms with E-state index < -0.39 is 4.92 Å². The molecule has 3 aromatic rings. The Morgan fingerprint density at radius 1 is 1.31 bits per heavy atom. The Labute approximate surface area is 148 Å². The number of para-hydroxylation sites is 1. The van der Waals surface area contributed by atoms with Crippen LogP contribution in [0.1, 0.15) is 17.0 Å². The molecule has 10 nitrogen and oxygen atoms in total. The summed E-state index contributed by atoms with van der Waals surface area (Å²) in [6.07, 6.45) is 2.57. The van der Waals surface area contributed by atoms with Crippen LogP contribution in [-0.4, -0.2) is 30.9 Å². The molecule has 0 saturated carbocycles. The largest absolute Gasteiger partial charge is 0.368 e. The third-order valence-corrected chi connectivity index (χ3v) is 3.70. The van der Waals surface area contributed by atoms with Gasteiger partial charge in [0.1, 0.15) is 6.20 Å². The number of hydrazone groups is 1. The first-order valence-electron chi connectivity index (χ1n) is 7.65. The van der Waals surface area contributed by atoms with Crippen molar-refractivity contribution >= 4 is 23.7 Å². The maximum Gasteiger partial charge on any atom is 0.331 e. The van der Waals surface area contributed by atoms with Gasteiger partial charge in [-0.3, -0.25) is 15.5 Å². The van der Waals surface area contributed by atoms with E-state index in [1.807, 2.05) is 48.9 Å². The molecule has 10 heteroatoms. The topological polar surface area (TPSA) is 137 Å². The number of aryl methyl sites for hydroxylation is 1. The number of nitro groups is 1. The Balaban J connectivity index is 1.88. The van der Waals surface area contributed by atoms with E-state index in [1.165, 1.54) is 0 Å². The first-order chi connectivity index (χ1) is 12.5. The molecule has 2 heterocycles.